The van der Waals surface area contributed by atoms with Crippen molar-refractivity contribution in [1.29, 1.82) is 0 Å². The zero-order valence-corrected chi connectivity index (χ0v) is 23.8. The molecule has 2 amide bonds. The lowest BCUT2D eigenvalue weighted by Gasteiger charge is -2.34. The van der Waals surface area contributed by atoms with Gasteiger partial charge in [0.25, 0.3) is 10.0 Å². The monoisotopic (exact) mass is 553 g/mol. The number of hydrogen-bond donors (Lipinski definition) is 1. The van der Waals surface area contributed by atoms with Gasteiger partial charge in [0.2, 0.25) is 11.8 Å². The summed E-state index contributed by atoms with van der Waals surface area (Å²) in [6, 6.07) is 19.4. The number of amides is 2. The molecule has 1 N–H and O–H groups in total. The highest BCUT2D eigenvalue weighted by Crippen LogP contribution is 2.25. The van der Waals surface area contributed by atoms with Crippen molar-refractivity contribution in [2.75, 3.05) is 10.8 Å². The number of rotatable bonds is 10. The maximum absolute atomic E-state index is 14.0. The van der Waals surface area contributed by atoms with E-state index < -0.39 is 39.9 Å². The molecule has 1 atom stereocenters. The highest BCUT2D eigenvalue weighted by atomic mass is 32.2. The van der Waals surface area contributed by atoms with Gasteiger partial charge < -0.3 is 10.2 Å². The van der Waals surface area contributed by atoms with E-state index >= 15 is 0 Å². The average molecular weight is 554 g/mol. The van der Waals surface area contributed by atoms with Gasteiger partial charge in [-0.15, -0.1) is 0 Å². The molecule has 9 heteroatoms. The lowest BCUT2D eigenvalue weighted by Crippen LogP contribution is -2.55. The van der Waals surface area contributed by atoms with Crippen molar-refractivity contribution in [3.05, 3.63) is 95.8 Å². The van der Waals surface area contributed by atoms with Crippen molar-refractivity contribution < 1.29 is 22.4 Å². The van der Waals surface area contributed by atoms with Gasteiger partial charge in [-0.25, -0.2) is 12.8 Å². The zero-order valence-electron chi connectivity index (χ0n) is 23.0. The van der Waals surface area contributed by atoms with Crippen LogP contribution in [0.1, 0.15) is 45.2 Å². The van der Waals surface area contributed by atoms with Crippen LogP contribution in [0.25, 0.3) is 0 Å². The molecule has 0 bridgehead atoms. The van der Waals surface area contributed by atoms with Crippen molar-refractivity contribution in [1.82, 2.24) is 10.2 Å². The Hall–Kier alpha value is -3.72. The van der Waals surface area contributed by atoms with E-state index in [1.807, 2.05) is 58.9 Å². The van der Waals surface area contributed by atoms with Crippen LogP contribution in [-0.4, -0.2) is 43.3 Å². The summed E-state index contributed by atoms with van der Waals surface area (Å²) in [5, 5.41) is 2.94. The van der Waals surface area contributed by atoms with Gasteiger partial charge in [0.1, 0.15) is 18.4 Å². The summed E-state index contributed by atoms with van der Waals surface area (Å²) >= 11 is 0. The van der Waals surface area contributed by atoms with Crippen molar-refractivity contribution >= 4 is 27.5 Å². The predicted octanol–water partition coefficient (Wildman–Crippen LogP) is 5.05. The van der Waals surface area contributed by atoms with Crippen molar-refractivity contribution in [3.63, 3.8) is 0 Å². The minimum atomic E-state index is -4.19. The summed E-state index contributed by atoms with van der Waals surface area (Å²) in [6.45, 7) is 8.84. The molecule has 3 aromatic rings. The van der Waals surface area contributed by atoms with E-state index in [1.54, 1.807) is 18.2 Å². The Labute approximate surface area is 230 Å². The SMILES string of the molecule is CCC(C(=O)NC(C)(C)C)N(Cc1cccc(C)c1)C(=O)CN(c1ccc(F)cc1)S(=O)(=O)c1ccccc1. The summed E-state index contributed by atoms with van der Waals surface area (Å²) in [5.41, 5.74) is 1.41. The van der Waals surface area contributed by atoms with E-state index in [0.717, 1.165) is 27.6 Å². The molecule has 0 aliphatic rings. The van der Waals surface area contributed by atoms with Gasteiger partial charge in [-0.3, -0.25) is 13.9 Å². The fourth-order valence-electron chi connectivity index (χ4n) is 4.24. The molecule has 1 unspecified atom stereocenters. The summed E-state index contributed by atoms with van der Waals surface area (Å²) < 4.78 is 42.1. The summed E-state index contributed by atoms with van der Waals surface area (Å²) in [4.78, 5) is 28.7. The van der Waals surface area contributed by atoms with E-state index in [1.165, 1.54) is 29.2 Å². The van der Waals surface area contributed by atoms with E-state index in [2.05, 4.69) is 5.32 Å². The van der Waals surface area contributed by atoms with E-state index in [4.69, 9.17) is 0 Å². The molecule has 0 aliphatic carbocycles. The summed E-state index contributed by atoms with van der Waals surface area (Å²) in [6.07, 6.45) is 0.321. The molecule has 0 aromatic heterocycles. The van der Waals surface area contributed by atoms with Crippen molar-refractivity contribution in [2.45, 2.75) is 64.1 Å². The fraction of sp³-hybridized carbons (Fsp3) is 0.333. The van der Waals surface area contributed by atoms with Crippen LogP contribution in [0.4, 0.5) is 10.1 Å². The topological polar surface area (TPSA) is 86.8 Å². The number of carbonyl (C=O) groups excluding carboxylic acids is 2. The smallest absolute Gasteiger partial charge is 0.264 e. The Morgan fingerprint density at radius 3 is 2.15 bits per heavy atom. The van der Waals surface area contributed by atoms with E-state index in [9.17, 15) is 22.4 Å². The van der Waals surface area contributed by atoms with Crippen LogP contribution in [0.3, 0.4) is 0 Å². The van der Waals surface area contributed by atoms with Gasteiger partial charge in [0.15, 0.2) is 0 Å². The van der Waals surface area contributed by atoms with Crippen molar-refractivity contribution in [3.8, 4) is 0 Å². The van der Waals surface area contributed by atoms with Gasteiger partial charge in [-0.05, 0) is 76.1 Å². The minimum absolute atomic E-state index is 0.00937. The first-order chi connectivity index (χ1) is 18.3. The first kappa shape index (κ1) is 29.8. The predicted molar refractivity (Wildman–Crippen MR) is 151 cm³/mol. The fourth-order valence-corrected chi connectivity index (χ4v) is 5.67. The van der Waals surface area contributed by atoms with Crippen LogP contribution < -0.4 is 9.62 Å². The molecule has 0 saturated carbocycles. The lowest BCUT2D eigenvalue weighted by atomic mass is 10.0. The van der Waals surface area contributed by atoms with Gasteiger partial charge >= 0.3 is 0 Å². The molecule has 0 saturated heterocycles. The Bertz CT molecular complexity index is 1390. The number of carbonyl (C=O) groups is 2. The molecule has 0 radical (unpaired) electrons. The van der Waals surface area contributed by atoms with E-state index in [0.29, 0.717) is 6.42 Å². The maximum Gasteiger partial charge on any atom is 0.264 e. The van der Waals surface area contributed by atoms with E-state index in [-0.39, 0.29) is 23.0 Å². The zero-order chi connectivity index (χ0) is 28.8. The van der Waals surface area contributed by atoms with Crippen LogP contribution in [0, 0.1) is 12.7 Å². The second-order valence-corrected chi connectivity index (χ2v) is 12.3. The maximum atomic E-state index is 14.0. The number of sulfonamides is 1. The quantitative estimate of drug-likeness (QED) is 0.381. The lowest BCUT2D eigenvalue weighted by molar-refractivity contribution is -0.141. The van der Waals surface area contributed by atoms with Crippen molar-refractivity contribution in [2.24, 2.45) is 0 Å². The highest BCUT2D eigenvalue weighted by molar-refractivity contribution is 7.92. The molecule has 208 valence electrons. The molecular formula is C30H36FN3O4S. The highest BCUT2D eigenvalue weighted by Gasteiger charge is 2.34. The molecule has 0 spiro atoms. The Kier molecular flexibility index (Phi) is 9.50. The largest absolute Gasteiger partial charge is 0.350 e. The molecule has 0 aliphatic heterocycles. The Balaban J connectivity index is 2.06. The molecule has 3 rings (SSSR count). The first-order valence-electron chi connectivity index (χ1n) is 12.8. The number of nitrogens with one attached hydrogen (secondary N) is 1. The summed E-state index contributed by atoms with van der Waals surface area (Å²) in [7, 11) is -4.19. The third-order valence-electron chi connectivity index (χ3n) is 6.04. The molecule has 3 aromatic carbocycles. The number of benzene rings is 3. The van der Waals surface area contributed by atoms with Gasteiger partial charge in [-0.2, -0.15) is 0 Å². The third kappa shape index (κ3) is 7.89. The van der Waals surface area contributed by atoms with Crippen LogP contribution in [0.5, 0.6) is 0 Å². The number of anilines is 1. The summed E-state index contributed by atoms with van der Waals surface area (Å²) in [5.74, 6) is -1.42. The Morgan fingerprint density at radius 1 is 0.949 bits per heavy atom. The van der Waals surface area contributed by atoms with Gasteiger partial charge in [-0.1, -0.05) is 55.0 Å². The molecule has 39 heavy (non-hydrogen) atoms. The second-order valence-electron chi connectivity index (χ2n) is 10.5. The minimum Gasteiger partial charge on any atom is -0.350 e. The normalized spacial score (nSPS) is 12.5. The van der Waals surface area contributed by atoms with Gasteiger partial charge in [0.05, 0.1) is 10.6 Å². The van der Waals surface area contributed by atoms with Crippen LogP contribution in [0.15, 0.2) is 83.8 Å². The molecule has 0 heterocycles. The third-order valence-corrected chi connectivity index (χ3v) is 7.83. The van der Waals surface area contributed by atoms with Gasteiger partial charge in [0, 0.05) is 12.1 Å². The number of nitrogens with zero attached hydrogens (tertiary/aromatic N) is 2. The average Bonchev–Trinajstić information content (AvgIpc) is 2.87. The number of aryl methyl sites for hydroxylation is 1. The number of halogens is 1. The molecule has 0 fully saturated rings. The standard InChI is InChI=1S/C30H36FN3O4S/c1-6-27(29(36)32-30(3,4)5)33(20-23-12-10-11-22(2)19-23)28(35)21-34(25-17-15-24(31)16-18-25)39(37,38)26-13-8-7-9-14-26/h7-19,27H,6,20-21H2,1-5H3,(H,32,36). The van der Waals surface area contributed by atoms with Crippen LogP contribution in [0.2, 0.25) is 0 Å². The molecular weight excluding hydrogens is 517 g/mol. The van der Waals surface area contributed by atoms with Crippen LogP contribution >= 0.6 is 0 Å². The first-order valence-corrected chi connectivity index (χ1v) is 14.3. The van der Waals surface area contributed by atoms with Crippen LogP contribution in [-0.2, 0) is 26.2 Å². The number of hydrogen-bond acceptors (Lipinski definition) is 4. The molecule has 7 nitrogen and oxygen atoms in total. The Morgan fingerprint density at radius 2 is 1.59 bits per heavy atom. The second kappa shape index (κ2) is 12.4.